The van der Waals surface area contributed by atoms with E-state index in [-0.39, 0.29) is 5.91 Å². The Morgan fingerprint density at radius 1 is 1.32 bits per heavy atom. The van der Waals surface area contributed by atoms with Crippen molar-refractivity contribution in [2.45, 2.75) is 6.54 Å². The minimum Gasteiger partial charge on any atom is -0.335 e. The molecule has 22 heavy (non-hydrogen) atoms. The van der Waals surface area contributed by atoms with Gasteiger partial charge < -0.3 is 4.90 Å². The quantitative estimate of drug-likeness (QED) is 0.887. The number of H-pyrrole nitrogens is 1. The number of amides is 1. The van der Waals surface area contributed by atoms with Crippen LogP contribution in [0.5, 0.6) is 0 Å². The zero-order valence-electron chi connectivity index (χ0n) is 11.9. The first kappa shape index (κ1) is 15.5. The first-order chi connectivity index (χ1) is 10.6. The molecule has 5 nitrogen and oxygen atoms in total. The van der Waals surface area contributed by atoms with Gasteiger partial charge in [-0.05, 0) is 33.6 Å². The lowest BCUT2D eigenvalue weighted by molar-refractivity contribution is 0.0622. The van der Waals surface area contributed by atoms with E-state index < -0.39 is 0 Å². The predicted octanol–water partition coefficient (Wildman–Crippen LogP) is 2.78. The van der Waals surface area contributed by atoms with Gasteiger partial charge in [0.2, 0.25) is 0 Å². The molecule has 0 unspecified atom stereocenters. The lowest BCUT2D eigenvalue weighted by Gasteiger charge is -2.34. The van der Waals surface area contributed by atoms with Crippen molar-refractivity contribution in [2.75, 3.05) is 26.2 Å². The van der Waals surface area contributed by atoms with Crippen LogP contribution in [-0.4, -0.2) is 52.1 Å². The van der Waals surface area contributed by atoms with E-state index in [0.29, 0.717) is 23.3 Å². The Morgan fingerprint density at radius 2 is 2.09 bits per heavy atom. The second-order valence-corrected chi connectivity index (χ2v) is 6.58. The molecule has 1 fully saturated rings. The molecule has 7 heteroatoms. The maximum Gasteiger partial charge on any atom is 0.273 e. The van der Waals surface area contributed by atoms with Gasteiger partial charge in [0.05, 0.1) is 10.7 Å². The molecule has 0 spiro atoms. The average molecular weight is 384 g/mol. The second kappa shape index (κ2) is 6.81. The highest BCUT2D eigenvalue weighted by molar-refractivity contribution is 9.10. The first-order valence-corrected chi connectivity index (χ1v) is 8.25. The van der Waals surface area contributed by atoms with Crippen molar-refractivity contribution in [2.24, 2.45) is 0 Å². The van der Waals surface area contributed by atoms with Crippen LogP contribution in [0.3, 0.4) is 0 Å². The Morgan fingerprint density at radius 3 is 2.73 bits per heavy atom. The topological polar surface area (TPSA) is 52.2 Å². The monoisotopic (exact) mass is 382 g/mol. The molecule has 2 heterocycles. The summed E-state index contributed by atoms with van der Waals surface area (Å²) >= 11 is 9.35. The summed E-state index contributed by atoms with van der Waals surface area (Å²) in [6, 6.07) is 7.91. The maximum absolute atomic E-state index is 12.4. The highest BCUT2D eigenvalue weighted by Crippen LogP contribution is 2.17. The van der Waals surface area contributed by atoms with Crippen molar-refractivity contribution >= 4 is 33.4 Å². The molecule has 0 bridgehead atoms. The first-order valence-electron chi connectivity index (χ1n) is 7.08. The summed E-state index contributed by atoms with van der Waals surface area (Å²) in [5.74, 6) is -0.00761. The van der Waals surface area contributed by atoms with E-state index in [1.165, 1.54) is 5.56 Å². The van der Waals surface area contributed by atoms with Crippen LogP contribution in [-0.2, 0) is 6.54 Å². The fourth-order valence-corrected chi connectivity index (χ4v) is 3.16. The average Bonchev–Trinajstić information content (AvgIpc) is 2.93. The summed E-state index contributed by atoms with van der Waals surface area (Å²) in [5, 5.41) is 7.38. The van der Waals surface area contributed by atoms with Gasteiger partial charge in [0.1, 0.15) is 5.69 Å². The molecule has 1 amide bonds. The summed E-state index contributed by atoms with van der Waals surface area (Å²) in [7, 11) is 0. The fourth-order valence-electron chi connectivity index (χ4n) is 2.58. The number of hydrogen-bond donors (Lipinski definition) is 1. The summed E-state index contributed by atoms with van der Waals surface area (Å²) < 4.78 is 0.707. The third kappa shape index (κ3) is 3.51. The number of carbonyl (C=O) groups is 1. The molecule has 2 aromatic rings. The number of halogens is 2. The smallest absolute Gasteiger partial charge is 0.273 e. The van der Waals surface area contributed by atoms with Crippen LogP contribution >= 0.6 is 27.5 Å². The van der Waals surface area contributed by atoms with Crippen LogP contribution in [0.1, 0.15) is 16.1 Å². The summed E-state index contributed by atoms with van der Waals surface area (Å²) in [6.45, 7) is 3.99. The second-order valence-electron chi connectivity index (χ2n) is 5.29. The molecule has 1 aromatic heterocycles. The van der Waals surface area contributed by atoms with Crippen molar-refractivity contribution in [3.8, 4) is 0 Å². The van der Waals surface area contributed by atoms with Gasteiger partial charge in [-0.1, -0.05) is 23.7 Å². The molecular weight excluding hydrogens is 368 g/mol. The number of aromatic amines is 1. The van der Waals surface area contributed by atoms with Gasteiger partial charge in [-0.2, -0.15) is 5.10 Å². The highest BCUT2D eigenvalue weighted by atomic mass is 79.9. The molecule has 116 valence electrons. The van der Waals surface area contributed by atoms with Crippen LogP contribution in [0, 0.1) is 0 Å². The third-order valence-electron chi connectivity index (χ3n) is 3.76. The van der Waals surface area contributed by atoms with Crippen molar-refractivity contribution in [3.05, 3.63) is 51.2 Å². The standard InChI is InChI=1S/C15H16BrClN4O/c16-13-9-18-19-14(13)15(22)21-6-4-20(5-7-21)10-11-2-1-3-12(17)8-11/h1-3,8-9H,4-7,10H2,(H,18,19). The number of nitrogens with zero attached hydrogens (tertiary/aromatic N) is 3. The van der Waals surface area contributed by atoms with Gasteiger partial charge in [0.15, 0.2) is 0 Å². The highest BCUT2D eigenvalue weighted by Gasteiger charge is 2.24. The normalized spacial score (nSPS) is 16.0. The molecule has 1 aliphatic heterocycles. The molecule has 0 radical (unpaired) electrons. The molecule has 3 rings (SSSR count). The molecule has 1 N–H and O–H groups in total. The van der Waals surface area contributed by atoms with Gasteiger partial charge in [0.25, 0.3) is 5.91 Å². The van der Waals surface area contributed by atoms with Crippen LogP contribution in [0.15, 0.2) is 34.9 Å². The van der Waals surface area contributed by atoms with Crippen molar-refractivity contribution in [1.82, 2.24) is 20.0 Å². The van der Waals surface area contributed by atoms with Gasteiger partial charge >= 0.3 is 0 Å². The minimum atomic E-state index is -0.00761. The van der Waals surface area contributed by atoms with E-state index in [1.54, 1.807) is 6.20 Å². The number of nitrogens with one attached hydrogen (secondary N) is 1. The van der Waals surface area contributed by atoms with Crippen molar-refractivity contribution < 1.29 is 4.79 Å². The summed E-state index contributed by atoms with van der Waals surface area (Å²) in [4.78, 5) is 16.6. The van der Waals surface area contributed by atoms with Crippen LogP contribution < -0.4 is 0 Å². The van der Waals surface area contributed by atoms with E-state index in [4.69, 9.17) is 11.6 Å². The molecule has 0 atom stereocenters. The lowest BCUT2D eigenvalue weighted by Crippen LogP contribution is -2.48. The van der Waals surface area contributed by atoms with E-state index in [1.807, 2.05) is 23.1 Å². The Kier molecular flexibility index (Phi) is 4.81. The summed E-state index contributed by atoms with van der Waals surface area (Å²) in [5.41, 5.74) is 1.71. The van der Waals surface area contributed by atoms with E-state index in [0.717, 1.165) is 24.7 Å². The van der Waals surface area contributed by atoms with Gasteiger partial charge in [-0.25, -0.2) is 0 Å². The molecule has 1 aliphatic rings. The number of rotatable bonds is 3. The van der Waals surface area contributed by atoms with Crippen LogP contribution in [0.4, 0.5) is 0 Å². The fraction of sp³-hybridized carbons (Fsp3) is 0.333. The maximum atomic E-state index is 12.4. The Balaban J connectivity index is 1.56. The van der Waals surface area contributed by atoms with Gasteiger partial charge in [0, 0.05) is 37.7 Å². The number of piperazine rings is 1. The minimum absolute atomic E-state index is 0.00761. The Labute approximate surface area is 142 Å². The zero-order valence-corrected chi connectivity index (χ0v) is 14.3. The Hall–Kier alpha value is -1.37. The van der Waals surface area contributed by atoms with E-state index >= 15 is 0 Å². The SMILES string of the molecule is O=C(c1[nH]ncc1Br)N1CCN(Cc2cccc(Cl)c2)CC1. The van der Waals surface area contributed by atoms with Crippen LogP contribution in [0.25, 0.3) is 0 Å². The van der Waals surface area contributed by atoms with Gasteiger partial charge in [-0.3, -0.25) is 14.8 Å². The van der Waals surface area contributed by atoms with Crippen molar-refractivity contribution in [3.63, 3.8) is 0 Å². The molecule has 0 saturated carbocycles. The number of hydrogen-bond acceptors (Lipinski definition) is 3. The molecule has 1 aromatic carbocycles. The third-order valence-corrected chi connectivity index (χ3v) is 4.60. The number of carbonyl (C=O) groups excluding carboxylic acids is 1. The lowest BCUT2D eigenvalue weighted by atomic mass is 10.2. The largest absolute Gasteiger partial charge is 0.335 e. The van der Waals surface area contributed by atoms with E-state index in [9.17, 15) is 4.79 Å². The van der Waals surface area contributed by atoms with Crippen molar-refractivity contribution in [1.29, 1.82) is 0 Å². The number of benzene rings is 1. The zero-order chi connectivity index (χ0) is 15.5. The summed E-state index contributed by atoms with van der Waals surface area (Å²) in [6.07, 6.45) is 1.60. The Bertz CT molecular complexity index is 667. The van der Waals surface area contributed by atoms with Crippen LogP contribution in [0.2, 0.25) is 5.02 Å². The van der Waals surface area contributed by atoms with E-state index in [2.05, 4.69) is 37.1 Å². The molecular formula is C15H16BrClN4O. The predicted molar refractivity (Wildman–Crippen MR) is 88.9 cm³/mol. The molecule has 1 saturated heterocycles. The van der Waals surface area contributed by atoms with Gasteiger partial charge in [-0.15, -0.1) is 0 Å². The molecule has 0 aliphatic carbocycles. The number of aromatic nitrogens is 2.